The maximum absolute atomic E-state index is 13.6. The largest absolute Gasteiger partial charge is 0.349 e. The second-order valence-electron chi connectivity index (χ2n) is 8.39. The van der Waals surface area contributed by atoms with Crippen LogP contribution in [0.4, 0.5) is 4.39 Å². The number of halogens is 1. The van der Waals surface area contributed by atoms with Crippen LogP contribution in [0.15, 0.2) is 24.3 Å². The van der Waals surface area contributed by atoms with Crippen molar-refractivity contribution in [3.05, 3.63) is 35.4 Å². The number of carbonyl (C=O) groups is 1. The zero-order valence-electron chi connectivity index (χ0n) is 15.7. The highest BCUT2D eigenvalue weighted by Crippen LogP contribution is 2.41. The van der Waals surface area contributed by atoms with Crippen molar-refractivity contribution in [2.75, 3.05) is 33.2 Å². The van der Waals surface area contributed by atoms with E-state index >= 15 is 0 Å². The van der Waals surface area contributed by atoms with E-state index in [1.165, 1.54) is 11.1 Å². The summed E-state index contributed by atoms with van der Waals surface area (Å²) in [5, 5.41) is 3.14. The lowest BCUT2D eigenvalue weighted by molar-refractivity contribution is -0.133. The monoisotopic (exact) mass is 359 g/mol. The lowest BCUT2D eigenvalue weighted by Crippen LogP contribution is -2.46. The van der Waals surface area contributed by atoms with Gasteiger partial charge in [0, 0.05) is 38.6 Å². The molecule has 0 aromatic heterocycles. The number of benzene rings is 1. The first-order chi connectivity index (χ1) is 12.6. The molecule has 2 heterocycles. The summed E-state index contributed by atoms with van der Waals surface area (Å²) in [4.78, 5) is 17.3. The average Bonchev–Trinajstić information content (AvgIpc) is 2.65. The molecule has 0 bridgehead atoms. The third-order valence-electron chi connectivity index (χ3n) is 6.51. The number of alkyl halides is 1. The topological polar surface area (TPSA) is 35.6 Å². The van der Waals surface area contributed by atoms with Crippen LogP contribution in [0.25, 0.3) is 0 Å². The highest BCUT2D eigenvalue weighted by Gasteiger charge is 2.41. The second kappa shape index (κ2) is 7.65. The molecule has 0 spiro atoms. The number of hydrogen-bond acceptors (Lipinski definition) is 3. The van der Waals surface area contributed by atoms with Gasteiger partial charge in [-0.1, -0.05) is 24.3 Å². The van der Waals surface area contributed by atoms with E-state index in [-0.39, 0.29) is 17.9 Å². The molecular weight excluding hydrogens is 329 g/mol. The molecule has 142 valence electrons. The van der Waals surface area contributed by atoms with Crippen molar-refractivity contribution < 1.29 is 9.18 Å². The molecule has 1 aromatic rings. The molecule has 0 radical (unpaired) electrons. The van der Waals surface area contributed by atoms with E-state index in [1.54, 1.807) is 0 Å². The molecule has 4 rings (SSSR count). The zero-order valence-corrected chi connectivity index (χ0v) is 15.7. The summed E-state index contributed by atoms with van der Waals surface area (Å²) in [6, 6.07) is 8.81. The van der Waals surface area contributed by atoms with Gasteiger partial charge in [0.25, 0.3) is 0 Å². The molecule has 3 aliphatic rings. The van der Waals surface area contributed by atoms with Gasteiger partial charge in [-0.15, -0.1) is 0 Å². The molecule has 5 heteroatoms. The normalized spacial score (nSPS) is 33.5. The Morgan fingerprint density at radius 2 is 1.81 bits per heavy atom. The number of likely N-dealkylation sites (N-methyl/N-ethyl adjacent to an activating group) is 1. The molecule has 2 aliphatic heterocycles. The predicted octanol–water partition coefficient (Wildman–Crippen LogP) is 2.75. The SMILES string of the molecule is CN1CCN(Cc2ccc(C3CC4CCC(F)CC4C(=O)N3)cc2)CC1. The summed E-state index contributed by atoms with van der Waals surface area (Å²) in [7, 11) is 2.18. The van der Waals surface area contributed by atoms with Gasteiger partial charge in [-0.3, -0.25) is 9.69 Å². The molecule has 1 saturated carbocycles. The molecule has 4 unspecified atom stereocenters. The van der Waals surface area contributed by atoms with Gasteiger partial charge < -0.3 is 10.2 Å². The number of amides is 1. The number of carbonyl (C=O) groups excluding carboxylic acids is 1. The number of nitrogens with one attached hydrogen (secondary N) is 1. The number of fused-ring (bicyclic) bond motifs is 1. The first kappa shape index (κ1) is 17.9. The fourth-order valence-corrected chi connectivity index (χ4v) is 4.76. The maximum atomic E-state index is 13.6. The van der Waals surface area contributed by atoms with Crippen molar-refractivity contribution in [1.29, 1.82) is 0 Å². The Morgan fingerprint density at radius 1 is 1.08 bits per heavy atom. The van der Waals surface area contributed by atoms with E-state index in [0.29, 0.717) is 18.8 Å². The first-order valence-corrected chi connectivity index (χ1v) is 10.0. The average molecular weight is 359 g/mol. The third kappa shape index (κ3) is 3.94. The number of piperidine rings is 1. The van der Waals surface area contributed by atoms with Crippen molar-refractivity contribution in [3.63, 3.8) is 0 Å². The van der Waals surface area contributed by atoms with E-state index < -0.39 is 6.17 Å². The van der Waals surface area contributed by atoms with Gasteiger partial charge in [-0.2, -0.15) is 0 Å². The minimum absolute atomic E-state index is 0.0510. The van der Waals surface area contributed by atoms with E-state index in [9.17, 15) is 9.18 Å². The summed E-state index contributed by atoms with van der Waals surface area (Å²) >= 11 is 0. The van der Waals surface area contributed by atoms with Gasteiger partial charge in [0.2, 0.25) is 5.91 Å². The van der Waals surface area contributed by atoms with Crippen molar-refractivity contribution in [2.24, 2.45) is 11.8 Å². The summed E-state index contributed by atoms with van der Waals surface area (Å²) in [6.07, 6.45) is 2.02. The molecule has 26 heavy (non-hydrogen) atoms. The van der Waals surface area contributed by atoms with Gasteiger partial charge in [0.1, 0.15) is 6.17 Å². The van der Waals surface area contributed by atoms with E-state index in [2.05, 4.69) is 46.4 Å². The molecule has 4 atom stereocenters. The molecule has 1 aromatic carbocycles. The Kier molecular flexibility index (Phi) is 5.28. The lowest BCUT2D eigenvalue weighted by atomic mass is 9.71. The maximum Gasteiger partial charge on any atom is 0.223 e. The van der Waals surface area contributed by atoms with Crippen molar-refractivity contribution in [1.82, 2.24) is 15.1 Å². The second-order valence-corrected chi connectivity index (χ2v) is 8.39. The van der Waals surface area contributed by atoms with Gasteiger partial charge in [-0.25, -0.2) is 4.39 Å². The number of piperazine rings is 1. The van der Waals surface area contributed by atoms with Gasteiger partial charge in [0.15, 0.2) is 0 Å². The number of nitrogens with zero attached hydrogens (tertiary/aromatic N) is 2. The third-order valence-corrected chi connectivity index (χ3v) is 6.51. The Labute approximate surface area is 155 Å². The van der Waals surface area contributed by atoms with Crippen molar-refractivity contribution >= 4 is 5.91 Å². The Bertz CT molecular complexity index is 627. The summed E-state index contributed by atoms with van der Waals surface area (Å²) in [5.74, 6) is 0.271. The molecular formula is C21H30FN3O. The molecule has 1 amide bonds. The summed E-state index contributed by atoms with van der Waals surface area (Å²) in [5.41, 5.74) is 2.51. The lowest BCUT2D eigenvalue weighted by Gasteiger charge is -2.40. The molecule has 1 aliphatic carbocycles. The van der Waals surface area contributed by atoms with Crippen molar-refractivity contribution in [2.45, 2.75) is 44.4 Å². The zero-order chi connectivity index (χ0) is 18.1. The Morgan fingerprint density at radius 3 is 2.54 bits per heavy atom. The van der Waals surface area contributed by atoms with Crippen LogP contribution in [0.1, 0.15) is 42.9 Å². The first-order valence-electron chi connectivity index (χ1n) is 10.0. The minimum atomic E-state index is -0.799. The quantitative estimate of drug-likeness (QED) is 0.901. The number of hydrogen-bond donors (Lipinski definition) is 1. The highest BCUT2D eigenvalue weighted by molar-refractivity contribution is 5.80. The predicted molar refractivity (Wildman–Crippen MR) is 100 cm³/mol. The van der Waals surface area contributed by atoms with Crippen LogP contribution in [0, 0.1) is 11.8 Å². The summed E-state index contributed by atoms with van der Waals surface area (Å²) in [6.45, 7) is 5.50. The summed E-state index contributed by atoms with van der Waals surface area (Å²) < 4.78 is 13.6. The van der Waals surface area contributed by atoms with Crippen LogP contribution in [-0.4, -0.2) is 55.1 Å². The fraction of sp³-hybridized carbons (Fsp3) is 0.667. The van der Waals surface area contributed by atoms with E-state index in [0.717, 1.165) is 45.6 Å². The minimum Gasteiger partial charge on any atom is -0.349 e. The van der Waals surface area contributed by atoms with Crippen LogP contribution in [0.2, 0.25) is 0 Å². The van der Waals surface area contributed by atoms with Gasteiger partial charge in [-0.05, 0) is 49.8 Å². The van der Waals surface area contributed by atoms with Crippen molar-refractivity contribution in [3.8, 4) is 0 Å². The number of rotatable bonds is 3. The van der Waals surface area contributed by atoms with Crippen LogP contribution in [0.5, 0.6) is 0 Å². The molecule has 3 fully saturated rings. The van der Waals surface area contributed by atoms with Gasteiger partial charge in [0.05, 0.1) is 6.04 Å². The van der Waals surface area contributed by atoms with E-state index in [1.807, 2.05) is 0 Å². The van der Waals surface area contributed by atoms with Crippen LogP contribution >= 0.6 is 0 Å². The smallest absolute Gasteiger partial charge is 0.223 e. The molecule has 2 saturated heterocycles. The van der Waals surface area contributed by atoms with Crippen LogP contribution in [-0.2, 0) is 11.3 Å². The van der Waals surface area contributed by atoms with Crippen LogP contribution < -0.4 is 5.32 Å². The molecule has 4 nitrogen and oxygen atoms in total. The van der Waals surface area contributed by atoms with Gasteiger partial charge >= 0.3 is 0 Å². The van der Waals surface area contributed by atoms with E-state index in [4.69, 9.17) is 0 Å². The fourth-order valence-electron chi connectivity index (χ4n) is 4.76. The molecule has 1 N–H and O–H groups in total. The Hall–Kier alpha value is -1.46. The Balaban J connectivity index is 1.37. The standard InChI is InChI=1S/C21H30FN3O/c1-24-8-10-25(11-9-24)14-15-2-4-16(5-3-15)20-12-17-6-7-18(22)13-19(17)21(26)23-20/h2-5,17-20H,6-14H2,1H3,(H,23,26). The highest BCUT2D eigenvalue weighted by atomic mass is 19.1. The van der Waals surface area contributed by atoms with Crippen LogP contribution in [0.3, 0.4) is 0 Å².